The van der Waals surface area contributed by atoms with Crippen molar-refractivity contribution in [2.75, 3.05) is 37.7 Å². The second-order valence-corrected chi connectivity index (χ2v) is 8.76. The van der Waals surface area contributed by atoms with Crippen molar-refractivity contribution in [3.63, 3.8) is 0 Å². The molecule has 10 heteroatoms. The topological polar surface area (TPSA) is 110 Å². The highest BCUT2D eigenvalue weighted by Crippen LogP contribution is 2.32. The van der Waals surface area contributed by atoms with E-state index >= 15 is 0 Å². The molecule has 0 unspecified atom stereocenters. The number of benzene rings is 2. The summed E-state index contributed by atoms with van der Waals surface area (Å²) in [7, 11) is -3.60. The molecular weight excluding hydrogens is 398 g/mol. The number of hydrogen-bond donors (Lipinski definition) is 0. The van der Waals surface area contributed by atoms with Gasteiger partial charge in [0.2, 0.25) is 10.0 Å². The first-order chi connectivity index (χ1) is 13.9. The molecule has 29 heavy (non-hydrogen) atoms. The number of nitro benzene ring substituents is 1. The van der Waals surface area contributed by atoms with Gasteiger partial charge in [-0.15, -0.1) is 0 Å². The van der Waals surface area contributed by atoms with Crippen LogP contribution in [0.3, 0.4) is 0 Å². The third-order valence-electron chi connectivity index (χ3n) is 5.12. The molecule has 0 atom stereocenters. The lowest BCUT2D eigenvalue weighted by Crippen LogP contribution is -2.40. The van der Waals surface area contributed by atoms with E-state index in [1.807, 2.05) is 0 Å². The lowest BCUT2D eigenvalue weighted by Gasteiger charge is -2.26. The zero-order chi connectivity index (χ0) is 20.6. The maximum atomic E-state index is 12.8. The molecule has 2 aromatic rings. The van der Waals surface area contributed by atoms with Gasteiger partial charge in [0.05, 0.1) is 23.0 Å². The molecule has 9 nitrogen and oxygen atoms in total. The summed E-state index contributed by atoms with van der Waals surface area (Å²) in [6.45, 7) is 1.82. The van der Waals surface area contributed by atoms with Crippen LogP contribution in [0.4, 0.5) is 11.4 Å². The van der Waals surface area contributed by atoms with Gasteiger partial charge in [0.15, 0.2) is 0 Å². The summed E-state index contributed by atoms with van der Waals surface area (Å²) < 4.78 is 32.3. The Balaban J connectivity index is 1.58. The summed E-state index contributed by atoms with van der Waals surface area (Å²) in [6, 6.07) is 10.2. The van der Waals surface area contributed by atoms with Crippen LogP contribution >= 0.6 is 0 Å². The first-order valence-corrected chi connectivity index (χ1v) is 10.6. The molecule has 0 saturated carbocycles. The number of non-ortho nitro benzene ring substituents is 1. The van der Waals surface area contributed by atoms with Crippen molar-refractivity contribution < 1.29 is 22.9 Å². The zero-order valence-corrected chi connectivity index (χ0v) is 16.3. The normalized spacial score (nSPS) is 17.2. The van der Waals surface area contributed by atoms with Crippen LogP contribution in [0.5, 0.6) is 0 Å². The second-order valence-electron chi connectivity index (χ2n) is 6.82. The Hall–Kier alpha value is -2.82. The minimum atomic E-state index is -3.60. The number of fused-ring (bicyclic) bond motifs is 1. The summed E-state index contributed by atoms with van der Waals surface area (Å²) >= 11 is 0. The monoisotopic (exact) mass is 417 g/mol. The van der Waals surface area contributed by atoms with Gasteiger partial charge in [0.1, 0.15) is 0 Å². The van der Waals surface area contributed by atoms with Crippen LogP contribution < -0.4 is 4.90 Å². The summed E-state index contributed by atoms with van der Waals surface area (Å²) in [5, 5.41) is 10.8. The number of sulfonamides is 1. The number of nitro groups is 1. The molecule has 1 fully saturated rings. The maximum Gasteiger partial charge on any atom is 0.269 e. The summed E-state index contributed by atoms with van der Waals surface area (Å²) in [6.07, 6.45) is 0.542. The molecule has 152 valence electrons. The molecule has 2 aliphatic heterocycles. The number of carbonyl (C=O) groups is 1. The van der Waals surface area contributed by atoms with Crippen LogP contribution in [-0.4, -0.2) is 56.4 Å². The van der Waals surface area contributed by atoms with E-state index in [1.165, 1.54) is 34.6 Å². The quantitative estimate of drug-likeness (QED) is 0.554. The van der Waals surface area contributed by atoms with Gasteiger partial charge in [-0.3, -0.25) is 14.9 Å². The first kappa shape index (κ1) is 19.5. The van der Waals surface area contributed by atoms with Gasteiger partial charge in [-0.05, 0) is 42.3 Å². The third-order valence-corrected chi connectivity index (χ3v) is 7.02. The van der Waals surface area contributed by atoms with Crippen LogP contribution in [0, 0.1) is 10.1 Å². The van der Waals surface area contributed by atoms with E-state index in [0.717, 1.165) is 5.56 Å². The molecule has 0 aliphatic carbocycles. The molecule has 1 amide bonds. The largest absolute Gasteiger partial charge is 0.379 e. The van der Waals surface area contributed by atoms with E-state index in [9.17, 15) is 23.3 Å². The van der Waals surface area contributed by atoms with Gasteiger partial charge in [-0.2, -0.15) is 4.31 Å². The Kier molecular flexibility index (Phi) is 5.07. The van der Waals surface area contributed by atoms with E-state index < -0.39 is 14.9 Å². The molecule has 4 rings (SSSR count). The fraction of sp³-hybridized carbons (Fsp3) is 0.316. The Labute approximate surface area is 167 Å². The minimum Gasteiger partial charge on any atom is -0.379 e. The van der Waals surface area contributed by atoms with Crippen molar-refractivity contribution in [2.45, 2.75) is 11.3 Å². The Morgan fingerprint density at radius 3 is 2.38 bits per heavy atom. The van der Waals surface area contributed by atoms with Gasteiger partial charge >= 0.3 is 0 Å². The second kappa shape index (κ2) is 7.54. The van der Waals surface area contributed by atoms with Crippen molar-refractivity contribution in [1.82, 2.24) is 4.31 Å². The highest BCUT2D eigenvalue weighted by atomic mass is 32.2. The molecular formula is C19H19N3O6S. The van der Waals surface area contributed by atoms with Crippen LogP contribution in [0.2, 0.25) is 0 Å². The molecule has 2 aliphatic rings. The van der Waals surface area contributed by atoms with Crippen molar-refractivity contribution in [2.24, 2.45) is 0 Å². The zero-order valence-electron chi connectivity index (χ0n) is 15.5. The SMILES string of the molecule is O=C(c1ccc([N+](=O)[O-])cc1)N1CCc2cc(S(=O)(=O)N3CCOCC3)ccc21. The lowest BCUT2D eigenvalue weighted by atomic mass is 10.1. The molecule has 0 radical (unpaired) electrons. The molecule has 1 saturated heterocycles. The Morgan fingerprint density at radius 1 is 1.03 bits per heavy atom. The number of anilines is 1. The van der Waals surface area contributed by atoms with Gasteiger partial charge in [0.25, 0.3) is 11.6 Å². The maximum absolute atomic E-state index is 12.8. The predicted molar refractivity (Wildman–Crippen MR) is 104 cm³/mol. The van der Waals surface area contributed by atoms with Crippen molar-refractivity contribution in [1.29, 1.82) is 0 Å². The summed E-state index contributed by atoms with van der Waals surface area (Å²) in [5.74, 6) is -0.276. The van der Waals surface area contributed by atoms with Gasteiger partial charge < -0.3 is 9.64 Å². The van der Waals surface area contributed by atoms with E-state index in [0.29, 0.717) is 50.5 Å². The van der Waals surface area contributed by atoms with Crippen LogP contribution in [0.1, 0.15) is 15.9 Å². The molecule has 0 spiro atoms. The van der Waals surface area contributed by atoms with Gasteiger partial charge in [-0.1, -0.05) is 0 Å². The predicted octanol–water partition coefficient (Wildman–Crippen LogP) is 1.82. The number of carbonyl (C=O) groups excluding carboxylic acids is 1. The van der Waals surface area contributed by atoms with Crippen molar-refractivity contribution in [3.8, 4) is 0 Å². The Morgan fingerprint density at radius 2 is 1.72 bits per heavy atom. The number of hydrogen-bond acceptors (Lipinski definition) is 6. The van der Waals surface area contributed by atoms with E-state index in [4.69, 9.17) is 4.74 Å². The fourth-order valence-corrected chi connectivity index (χ4v) is 5.03. The van der Waals surface area contributed by atoms with Crippen LogP contribution in [0.25, 0.3) is 0 Å². The minimum absolute atomic E-state index is 0.0821. The third kappa shape index (κ3) is 3.61. The van der Waals surface area contributed by atoms with Crippen LogP contribution in [-0.2, 0) is 21.2 Å². The smallest absolute Gasteiger partial charge is 0.269 e. The summed E-state index contributed by atoms with van der Waals surface area (Å²) in [4.78, 5) is 24.9. The molecule has 2 aromatic carbocycles. The number of amides is 1. The summed E-state index contributed by atoms with van der Waals surface area (Å²) in [5.41, 5.74) is 1.71. The Bertz CT molecular complexity index is 1060. The number of ether oxygens (including phenoxy) is 1. The number of morpholine rings is 1. The average molecular weight is 417 g/mol. The van der Waals surface area contributed by atoms with Crippen molar-refractivity contribution >= 4 is 27.3 Å². The number of rotatable bonds is 4. The molecule has 0 bridgehead atoms. The van der Waals surface area contributed by atoms with Gasteiger partial charge in [-0.25, -0.2) is 8.42 Å². The standard InChI is InChI=1S/C19H19N3O6S/c23-19(14-1-3-16(4-2-14)22(24)25)21-8-7-15-13-17(5-6-18(15)21)29(26,27)20-9-11-28-12-10-20/h1-6,13H,7-12H2. The fourth-order valence-electron chi connectivity index (χ4n) is 3.57. The van der Waals surface area contributed by atoms with Crippen molar-refractivity contribution in [3.05, 3.63) is 63.7 Å². The first-order valence-electron chi connectivity index (χ1n) is 9.15. The van der Waals surface area contributed by atoms with E-state index in [-0.39, 0.29) is 16.5 Å². The molecule has 0 N–H and O–H groups in total. The lowest BCUT2D eigenvalue weighted by molar-refractivity contribution is -0.384. The molecule has 2 heterocycles. The van der Waals surface area contributed by atoms with Crippen LogP contribution in [0.15, 0.2) is 47.4 Å². The van der Waals surface area contributed by atoms with Gasteiger partial charge in [0, 0.05) is 43.0 Å². The highest BCUT2D eigenvalue weighted by Gasteiger charge is 2.30. The number of nitrogens with zero attached hydrogens (tertiary/aromatic N) is 3. The average Bonchev–Trinajstić information content (AvgIpc) is 3.17. The van der Waals surface area contributed by atoms with E-state index in [1.54, 1.807) is 17.0 Å². The van der Waals surface area contributed by atoms with E-state index in [2.05, 4.69) is 0 Å². The highest BCUT2D eigenvalue weighted by molar-refractivity contribution is 7.89. The molecule has 0 aromatic heterocycles.